The summed E-state index contributed by atoms with van der Waals surface area (Å²) in [5.74, 6) is -0.735. The Hall–Kier alpha value is -2.90. The SMILES string of the molecule is COC(=O)c1c(C[N+](=O)[O-])nn(-c2ccccc2)c1N. The van der Waals surface area contributed by atoms with Gasteiger partial charge in [-0.25, -0.2) is 9.48 Å². The number of hydrogen-bond donors (Lipinski definition) is 1. The number of ether oxygens (including phenoxy) is 1. The van der Waals surface area contributed by atoms with Crippen LogP contribution in [0.25, 0.3) is 5.69 Å². The quantitative estimate of drug-likeness (QED) is 0.506. The van der Waals surface area contributed by atoms with Crippen molar-refractivity contribution < 1.29 is 14.5 Å². The Labute approximate surface area is 113 Å². The Morgan fingerprint density at radius 3 is 2.65 bits per heavy atom. The van der Waals surface area contributed by atoms with E-state index in [1.165, 1.54) is 11.8 Å². The number of nitrogen functional groups attached to an aromatic ring is 1. The second-order valence-corrected chi connectivity index (χ2v) is 3.94. The standard InChI is InChI=1S/C12H12N4O4/c1-20-12(17)10-9(7-15(18)19)14-16(11(10)13)8-5-3-2-4-6-8/h2-6H,7,13H2,1H3. The second kappa shape index (κ2) is 5.39. The number of nitrogens with zero attached hydrogens (tertiary/aromatic N) is 3. The van der Waals surface area contributed by atoms with Gasteiger partial charge in [-0.05, 0) is 12.1 Å². The lowest BCUT2D eigenvalue weighted by Crippen LogP contribution is -2.09. The normalized spacial score (nSPS) is 10.2. The van der Waals surface area contributed by atoms with E-state index in [1.807, 2.05) is 6.07 Å². The molecule has 0 unspecified atom stereocenters. The van der Waals surface area contributed by atoms with Crippen LogP contribution in [0, 0.1) is 10.1 Å². The summed E-state index contributed by atoms with van der Waals surface area (Å²) in [6, 6.07) is 8.78. The van der Waals surface area contributed by atoms with E-state index < -0.39 is 17.4 Å². The van der Waals surface area contributed by atoms with E-state index >= 15 is 0 Å². The molecule has 1 aromatic carbocycles. The van der Waals surface area contributed by atoms with Gasteiger partial charge in [0.2, 0.25) is 6.54 Å². The second-order valence-electron chi connectivity index (χ2n) is 3.94. The Kier molecular flexibility index (Phi) is 3.65. The van der Waals surface area contributed by atoms with Crippen LogP contribution in [-0.2, 0) is 11.3 Å². The topological polar surface area (TPSA) is 113 Å². The molecule has 8 nitrogen and oxygen atoms in total. The number of benzene rings is 1. The van der Waals surface area contributed by atoms with E-state index in [9.17, 15) is 14.9 Å². The lowest BCUT2D eigenvalue weighted by molar-refractivity contribution is -0.497. The van der Waals surface area contributed by atoms with Crippen LogP contribution in [0.15, 0.2) is 30.3 Å². The fourth-order valence-electron chi connectivity index (χ4n) is 1.80. The maximum atomic E-state index is 11.7. The van der Waals surface area contributed by atoms with Crippen LogP contribution >= 0.6 is 0 Å². The summed E-state index contributed by atoms with van der Waals surface area (Å²) in [7, 11) is 1.18. The monoisotopic (exact) mass is 276 g/mol. The minimum atomic E-state index is -0.749. The van der Waals surface area contributed by atoms with Gasteiger partial charge in [0, 0.05) is 4.92 Å². The molecule has 0 amide bonds. The molecule has 104 valence electrons. The number of nitrogens with two attached hydrogens (primary N) is 1. The Morgan fingerprint density at radius 1 is 1.45 bits per heavy atom. The van der Waals surface area contributed by atoms with Gasteiger partial charge in [0.05, 0.1) is 12.8 Å². The van der Waals surface area contributed by atoms with Crippen molar-refractivity contribution in [2.24, 2.45) is 0 Å². The average Bonchev–Trinajstić information content (AvgIpc) is 2.75. The van der Waals surface area contributed by atoms with E-state index in [2.05, 4.69) is 9.84 Å². The Morgan fingerprint density at radius 2 is 2.10 bits per heavy atom. The number of carbonyl (C=O) groups excluding carboxylic acids is 1. The number of carbonyl (C=O) groups is 1. The number of methoxy groups -OCH3 is 1. The molecular formula is C12H12N4O4. The number of hydrogen-bond acceptors (Lipinski definition) is 6. The molecule has 1 aromatic heterocycles. The van der Waals surface area contributed by atoms with Crippen molar-refractivity contribution in [2.45, 2.75) is 6.54 Å². The van der Waals surface area contributed by atoms with Crippen molar-refractivity contribution in [3.8, 4) is 5.69 Å². The van der Waals surface area contributed by atoms with Crippen molar-refractivity contribution in [1.29, 1.82) is 0 Å². The number of anilines is 1. The fraction of sp³-hybridized carbons (Fsp3) is 0.167. The third kappa shape index (κ3) is 2.44. The minimum absolute atomic E-state index is 0.0138. The zero-order valence-corrected chi connectivity index (χ0v) is 10.6. The summed E-state index contributed by atoms with van der Waals surface area (Å²) in [5, 5.41) is 14.7. The summed E-state index contributed by atoms with van der Waals surface area (Å²) in [4.78, 5) is 21.8. The highest BCUT2D eigenvalue weighted by Crippen LogP contribution is 2.22. The molecule has 0 radical (unpaired) electrons. The maximum absolute atomic E-state index is 11.7. The smallest absolute Gasteiger partial charge is 0.343 e. The number of rotatable bonds is 4. The summed E-state index contributed by atoms with van der Waals surface area (Å²) < 4.78 is 5.88. The fourth-order valence-corrected chi connectivity index (χ4v) is 1.80. The molecule has 0 saturated heterocycles. The van der Waals surface area contributed by atoms with E-state index in [-0.39, 0.29) is 17.1 Å². The molecule has 0 fully saturated rings. The van der Waals surface area contributed by atoms with Crippen molar-refractivity contribution in [2.75, 3.05) is 12.8 Å². The van der Waals surface area contributed by atoms with Crippen LogP contribution in [0.5, 0.6) is 0 Å². The van der Waals surface area contributed by atoms with Crippen LogP contribution in [0.3, 0.4) is 0 Å². The van der Waals surface area contributed by atoms with Gasteiger partial charge in [-0.2, -0.15) is 5.10 Å². The lowest BCUT2D eigenvalue weighted by Gasteiger charge is -2.03. The predicted molar refractivity (Wildman–Crippen MR) is 70.0 cm³/mol. The highest BCUT2D eigenvalue weighted by atomic mass is 16.6. The molecule has 2 aromatic rings. The molecule has 0 spiro atoms. The first-order chi connectivity index (χ1) is 9.54. The molecule has 0 aliphatic heterocycles. The highest BCUT2D eigenvalue weighted by Gasteiger charge is 2.26. The van der Waals surface area contributed by atoms with E-state index in [0.717, 1.165) is 0 Å². The molecular weight excluding hydrogens is 264 g/mol. The maximum Gasteiger partial charge on any atom is 0.343 e. The van der Waals surface area contributed by atoms with Crippen molar-refractivity contribution in [1.82, 2.24) is 9.78 Å². The third-order valence-corrected chi connectivity index (χ3v) is 2.66. The zero-order valence-electron chi connectivity index (χ0n) is 10.6. The lowest BCUT2D eigenvalue weighted by atomic mass is 10.2. The number of aromatic nitrogens is 2. The zero-order chi connectivity index (χ0) is 14.7. The molecule has 2 rings (SSSR count). The van der Waals surface area contributed by atoms with Crippen molar-refractivity contribution in [3.63, 3.8) is 0 Å². The number of esters is 1. The predicted octanol–water partition coefficient (Wildman–Crippen LogP) is 1.02. The largest absolute Gasteiger partial charge is 0.465 e. The van der Waals surface area contributed by atoms with Gasteiger partial charge in [0.15, 0.2) is 0 Å². The first-order valence-electron chi connectivity index (χ1n) is 5.67. The van der Waals surface area contributed by atoms with Crippen LogP contribution in [0.1, 0.15) is 16.1 Å². The molecule has 1 heterocycles. The molecule has 20 heavy (non-hydrogen) atoms. The third-order valence-electron chi connectivity index (χ3n) is 2.66. The summed E-state index contributed by atoms with van der Waals surface area (Å²) in [6.45, 7) is -0.603. The highest BCUT2D eigenvalue weighted by molar-refractivity contribution is 5.95. The summed E-state index contributed by atoms with van der Waals surface area (Å²) >= 11 is 0. The molecule has 0 aliphatic rings. The van der Waals surface area contributed by atoms with E-state index in [1.54, 1.807) is 24.3 Å². The minimum Gasteiger partial charge on any atom is -0.465 e. The van der Waals surface area contributed by atoms with Gasteiger partial charge in [0.25, 0.3) is 0 Å². The van der Waals surface area contributed by atoms with Crippen LogP contribution in [0.4, 0.5) is 5.82 Å². The van der Waals surface area contributed by atoms with Crippen LogP contribution in [-0.4, -0.2) is 27.8 Å². The molecule has 2 N–H and O–H groups in total. The van der Waals surface area contributed by atoms with Gasteiger partial charge >= 0.3 is 5.97 Å². The van der Waals surface area contributed by atoms with E-state index in [0.29, 0.717) is 5.69 Å². The molecule has 0 bridgehead atoms. The molecule has 0 atom stereocenters. The van der Waals surface area contributed by atoms with Crippen molar-refractivity contribution in [3.05, 3.63) is 51.7 Å². The first-order valence-corrected chi connectivity index (χ1v) is 5.67. The number of nitro groups is 1. The van der Waals surface area contributed by atoms with Gasteiger partial charge in [-0.15, -0.1) is 0 Å². The number of para-hydroxylation sites is 1. The van der Waals surface area contributed by atoms with Gasteiger partial charge in [0.1, 0.15) is 17.1 Å². The van der Waals surface area contributed by atoms with Crippen molar-refractivity contribution >= 4 is 11.8 Å². The van der Waals surface area contributed by atoms with Crippen LogP contribution < -0.4 is 5.73 Å². The van der Waals surface area contributed by atoms with Crippen LogP contribution in [0.2, 0.25) is 0 Å². The molecule has 8 heteroatoms. The Bertz CT molecular complexity index is 651. The van der Waals surface area contributed by atoms with Gasteiger partial charge in [-0.1, -0.05) is 18.2 Å². The van der Waals surface area contributed by atoms with E-state index in [4.69, 9.17) is 5.73 Å². The first kappa shape index (κ1) is 13.5. The molecule has 0 saturated carbocycles. The molecule has 0 aliphatic carbocycles. The summed E-state index contributed by atoms with van der Waals surface area (Å²) in [5.41, 5.74) is 6.37. The van der Waals surface area contributed by atoms with Gasteiger partial charge in [-0.3, -0.25) is 10.1 Å². The van der Waals surface area contributed by atoms with Gasteiger partial charge < -0.3 is 10.5 Å². The average molecular weight is 276 g/mol. The summed E-state index contributed by atoms with van der Waals surface area (Å²) in [6.07, 6.45) is 0. The Balaban J connectivity index is 2.58.